The number of aryl methyl sites for hydroxylation is 1. The van der Waals surface area contributed by atoms with Crippen molar-refractivity contribution in [2.45, 2.75) is 13.3 Å². The SMILES string of the molecule is CCc1ccc2[se]cnc2c1. The summed E-state index contributed by atoms with van der Waals surface area (Å²) in [4.78, 5) is 4.31. The van der Waals surface area contributed by atoms with Gasteiger partial charge in [0.15, 0.2) is 0 Å². The summed E-state index contributed by atoms with van der Waals surface area (Å²) in [5, 5.41) is 2.04. The number of benzene rings is 1. The van der Waals surface area contributed by atoms with Crippen LogP contribution in [0.15, 0.2) is 23.3 Å². The van der Waals surface area contributed by atoms with E-state index in [1.807, 2.05) is 5.07 Å². The molecule has 0 unspecified atom stereocenters. The molecule has 0 saturated heterocycles. The van der Waals surface area contributed by atoms with E-state index in [0.29, 0.717) is 14.5 Å². The van der Waals surface area contributed by atoms with Crippen molar-refractivity contribution < 1.29 is 0 Å². The van der Waals surface area contributed by atoms with Gasteiger partial charge in [-0.3, -0.25) is 0 Å². The van der Waals surface area contributed by atoms with Crippen LogP contribution in [0.4, 0.5) is 0 Å². The van der Waals surface area contributed by atoms with E-state index >= 15 is 0 Å². The third kappa shape index (κ3) is 1.24. The van der Waals surface area contributed by atoms with Crippen LogP contribution in [0.3, 0.4) is 0 Å². The number of hydrogen-bond acceptors (Lipinski definition) is 1. The first-order valence-electron chi connectivity index (χ1n) is 3.72. The van der Waals surface area contributed by atoms with Gasteiger partial charge in [0.25, 0.3) is 0 Å². The van der Waals surface area contributed by atoms with Crippen LogP contribution >= 0.6 is 0 Å². The number of rotatable bonds is 1. The van der Waals surface area contributed by atoms with E-state index in [1.54, 1.807) is 0 Å². The van der Waals surface area contributed by atoms with Crippen LogP contribution < -0.4 is 0 Å². The quantitative estimate of drug-likeness (QED) is 0.654. The van der Waals surface area contributed by atoms with Gasteiger partial charge in [-0.15, -0.1) is 0 Å². The predicted molar refractivity (Wildman–Crippen MR) is 48.1 cm³/mol. The molecular weight excluding hydrogens is 201 g/mol. The molecule has 2 aromatic rings. The Balaban J connectivity index is 2.67. The average Bonchev–Trinajstić information content (AvgIpc) is 2.50. The summed E-state index contributed by atoms with van der Waals surface area (Å²) in [5.74, 6) is 0. The summed E-state index contributed by atoms with van der Waals surface area (Å²) in [6.07, 6.45) is 1.11. The molecule has 0 radical (unpaired) electrons. The summed E-state index contributed by atoms with van der Waals surface area (Å²) >= 11 is 0.502. The molecule has 0 fully saturated rings. The maximum absolute atomic E-state index is 4.31. The van der Waals surface area contributed by atoms with E-state index in [0.717, 1.165) is 6.42 Å². The molecule has 0 bridgehead atoms. The first-order chi connectivity index (χ1) is 5.40. The van der Waals surface area contributed by atoms with E-state index in [-0.39, 0.29) is 0 Å². The molecule has 0 spiro atoms. The van der Waals surface area contributed by atoms with Crippen LogP contribution in [0.1, 0.15) is 12.5 Å². The molecule has 0 aliphatic carbocycles. The molecule has 0 aliphatic rings. The van der Waals surface area contributed by atoms with Crippen molar-refractivity contribution in [2.75, 3.05) is 0 Å². The van der Waals surface area contributed by atoms with Gasteiger partial charge in [0.1, 0.15) is 0 Å². The van der Waals surface area contributed by atoms with Crippen LogP contribution in [-0.2, 0) is 6.42 Å². The Bertz CT molecular complexity index is 364. The zero-order chi connectivity index (χ0) is 7.68. The Kier molecular flexibility index (Phi) is 1.80. The molecule has 1 nitrogen and oxygen atoms in total. The summed E-state index contributed by atoms with van der Waals surface area (Å²) in [6.45, 7) is 2.17. The van der Waals surface area contributed by atoms with Crippen molar-refractivity contribution in [3.63, 3.8) is 0 Å². The molecule has 0 atom stereocenters. The number of hydrogen-bond donors (Lipinski definition) is 0. The summed E-state index contributed by atoms with van der Waals surface area (Å²) in [7, 11) is 0. The van der Waals surface area contributed by atoms with E-state index in [2.05, 4.69) is 30.1 Å². The maximum atomic E-state index is 4.31. The van der Waals surface area contributed by atoms with Crippen LogP contribution in [0.25, 0.3) is 9.78 Å². The van der Waals surface area contributed by atoms with Crippen LogP contribution in [0.5, 0.6) is 0 Å². The molecule has 11 heavy (non-hydrogen) atoms. The fourth-order valence-electron chi connectivity index (χ4n) is 1.12. The van der Waals surface area contributed by atoms with E-state index in [9.17, 15) is 0 Å². The first-order valence-corrected chi connectivity index (χ1v) is 5.57. The third-order valence-electron chi connectivity index (χ3n) is 1.80. The van der Waals surface area contributed by atoms with Gasteiger partial charge >= 0.3 is 71.4 Å². The van der Waals surface area contributed by atoms with Crippen molar-refractivity contribution in [1.29, 1.82) is 0 Å². The molecular formula is C9H9NSe. The Morgan fingerprint density at radius 3 is 3.18 bits per heavy atom. The average molecular weight is 210 g/mol. The predicted octanol–water partition coefficient (Wildman–Crippen LogP) is 1.85. The molecule has 0 amide bonds. The molecule has 0 saturated carbocycles. The van der Waals surface area contributed by atoms with Gasteiger partial charge in [-0.1, -0.05) is 0 Å². The molecule has 0 N–H and O–H groups in total. The first kappa shape index (κ1) is 7.08. The van der Waals surface area contributed by atoms with Crippen LogP contribution in [-0.4, -0.2) is 19.5 Å². The zero-order valence-electron chi connectivity index (χ0n) is 6.37. The van der Waals surface area contributed by atoms with Crippen molar-refractivity contribution in [1.82, 2.24) is 4.98 Å². The summed E-state index contributed by atoms with van der Waals surface area (Å²) in [5.41, 5.74) is 2.59. The second-order valence-electron chi connectivity index (χ2n) is 2.51. The minimum atomic E-state index is 0.502. The third-order valence-corrected chi connectivity index (χ3v) is 3.50. The fourth-order valence-corrected chi connectivity index (χ4v) is 2.51. The second-order valence-corrected chi connectivity index (χ2v) is 4.37. The molecule has 56 valence electrons. The monoisotopic (exact) mass is 211 g/mol. The van der Waals surface area contributed by atoms with Crippen molar-refractivity contribution in [3.05, 3.63) is 28.8 Å². The van der Waals surface area contributed by atoms with Crippen molar-refractivity contribution in [2.24, 2.45) is 0 Å². The van der Waals surface area contributed by atoms with E-state index in [1.165, 1.54) is 15.3 Å². The summed E-state index contributed by atoms with van der Waals surface area (Å²) < 4.78 is 1.43. The number of fused-ring (bicyclic) bond motifs is 1. The topological polar surface area (TPSA) is 12.9 Å². The standard InChI is InChI=1S/C9H9NSe/c1-2-7-3-4-9-8(5-7)10-6-11-9/h3-6H,2H2,1H3. The van der Waals surface area contributed by atoms with Crippen molar-refractivity contribution >= 4 is 24.3 Å². The molecule has 2 rings (SSSR count). The Morgan fingerprint density at radius 1 is 1.45 bits per heavy atom. The number of nitrogens with zero attached hydrogens (tertiary/aromatic N) is 1. The summed E-state index contributed by atoms with van der Waals surface area (Å²) in [6, 6.07) is 6.61. The molecule has 1 aromatic carbocycles. The van der Waals surface area contributed by atoms with Gasteiger partial charge < -0.3 is 0 Å². The zero-order valence-corrected chi connectivity index (χ0v) is 8.09. The van der Waals surface area contributed by atoms with Crippen LogP contribution in [0.2, 0.25) is 0 Å². The van der Waals surface area contributed by atoms with Gasteiger partial charge in [0.05, 0.1) is 0 Å². The molecule has 0 aliphatic heterocycles. The molecule has 1 heterocycles. The van der Waals surface area contributed by atoms with Gasteiger partial charge in [-0.25, -0.2) is 0 Å². The Hall–Kier alpha value is -0.591. The Morgan fingerprint density at radius 2 is 2.36 bits per heavy atom. The van der Waals surface area contributed by atoms with Gasteiger partial charge in [0, 0.05) is 0 Å². The van der Waals surface area contributed by atoms with Gasteiger partial charge in [-0.05, 0) is 0 Å². The number of aromatic nitrogens is 1. The molecule has 1 aromatic heterocycles. The van der Waals surface area contributed by atoms with Crippen LogP contribution in [0, 0.1) is 0 Å². The van der Waals surface area contributed by atoms with E-state index in [4.69, 9.17) is 0 Å². The fraction of sp³-hybridized carbons (Fsp3) is 0.222. The second kappa shape index (κ2) is 2.80. The van der Waals surface area contributed by atoms with Gasteiger partial charge in [-0.2, -0.15) is 0 Å². The minimum absolute atomic E-state index is 0.502. The van der Waals surface area contributed by atoms with E-state index < -0.39 is 0 Å². The molecule has 2 heteroatoms. The Labute approximate surface area is 71.8 Å². The normalized spacial score (nSPS) is 10.6. The van der Waals surface area contributed by atoms with Crippen molar-refractivity contribution in [3.8, 4) is 0 Å². The van der Waals surface area contributed by atoms with Gasteiger partial charge in [0.2, 0.25) is 0 Å².